The molecular formula is C14H20BrF3N4. The first-order chi connectivity index (χ1) is 10.3. The van der Waals surface area contributed by atoms with Gasteiger partial charge in [-0.05, 0) is 33.5 Å². The molecule has 0 heterocycles. The van der Waals surface area contributed by atoms with E-state index in [1.807, 2.05) is 0 Å². The SMILES string of the molecule is C=N/C(=C(/Br)CC(C=NC(=NCC)C(F)(F)F)NC)C1CC1. The quantitative estimate of drug-likeness (QED) is 0.530. The molecule has 1 fully saturated rings. The Labute approximate surface area is 136 Å². The van der Waals surface area contributed by atoms with E-state index < -0.39 is 12.0 Å². The van der Waals surface area contributed by atoms with Crippen LogP contribution in [0, 0.1) is 5.92 Å². The summed E-state index contributed by atoms with van der Waals surface area (Å²) < 4.78 is 39.0. The molecule has 0 amide bonds. The predicted octanol–water partition coefficient (Wildman–Crippen LogP) is 3.73. The van der Waals surface area contributed by atoms with E-state index in [4.69, 9.17) is 0 Å². The van der Waals surface area contributed by atoms with E-state index in [-0.39, 0.29) is 12.6 Å². The fourth-order valence-electron chi connectivity index (χ4n) is 1.83. The molecule has 0 aliphatic heterocycles. The van der Waals surface area contributed by atoms with Crippen LogP contribution in [-0.4, -0.2) is 44.6 Å². The summed E-state index contributed by atoms with van der Waals surface area (Å²) in [5.74, 6) is -0.701. The molecule has 22 heavy (non-hydrogen) atoms. The van der Waals surface area contributed by atoms with Crippen molar-refractivity contribution in [1.82, 2.24) is 5.32 Å². The molecular weight excluding hydrogens is 361 g/mol. The van der Waals surface area contributed by atoms with E-state index in [9.17, 15) is 13.2 Å². The number of aliphatic imine (C=N–C) groups is 3. The summed E-state index contributed by atoms with van der Waals surface area (Å²) in [7, 11) is 1.67. The highest BCUT2D eigenvalue weighted by Crippen LogP contribution is 2.40. The maximum Gasteiger partial charge on any atom is 0.451 e. The molecule has 0 bridgehead atoms. The molecule has 0 spiro atoms. The lowest BCUT2D eigenvalue weighted by Crippen LogP contribution is -2.29. The molecule has 1 unspecified atom stereocenters. The zero-order valence-corrected chi connectivity index (χ0v) is 14.2. The van der Waals surface area contributed by atoms with Crippen LogP contribution in [0.1, 0.15) is 26.2 Å². The molecule has 1 N–H and O–H groups in total. The summed E-state index contributed by atoms with van der Waals surface area (Å²) in [5, 5.41) is 2.92. The van der Waals surface area contributed by atoms with Gasteiger partial charge in [-0.1, -0.05) is 15.9 Å². The molecule has 4 nitrogen and oxygen atoms in total. The molecule has 0 radical (unpaired) electrons. The lowest BCUT2D eigenvalue weighted by Gasteiger charge is -2.13. The van der Waals surface area contributed by atoms with Crippen molar-refractivity contribution in [2.45, 2.75) is 38.4 Å². The van der Waals surface area contributed by atoms with Gasteiger partial charge in [-0.15, -0.1) is 0 Å². The smallest absolute Gasteiger partial charge is 0.312 e. The Hall–Kier alpha value is -1.02. The molecule has 8 heteroatoms. The lowest BCUT2D eigenvalue weighted by molar-refractivity contribution is -0.0598. The standard InChI is InChI=1S/C14H20BrF3N4/c1-4-21-13(14(16,17)18)22-8-10(19-2)7-11(15)12(20-3)9-5-6-9/h8-10,19H,3-7H2,1-2H3/b12-11+,21-13?,22-8?. The summed E-state index contributed by atoms with van der Waals surface area (Å²) in [6.45, 7) is 5.12. The van der Waals surface area contributed by atoms with Gasteiger partial charge in [-0.25, -0.2) is 4.99 Å². The van der Waals surface area contributed by atoms with Crippen molar-refractivity contribution in [2.75, 3.05) is 13.6 Å². The minimum Gasteiger partial charge on any atom is -0.312 e. The highest BCUT2D eigenvalue weighted by atomic mass is 79.9. The number of hydrogen-bond donors (Lipinski definition) is 1. The zero-order chi connectivity index (χ0) is 16.8. The van der Waals surface area contributed by atoms with E-state index in [0.29, 0.717) is 12.3 Å². The third-order valence-corrected chi connectivity index (χ3v) is 3.85. The number of nitrogens with one attached hydrogen (secondary N) is 1. The third-order valence-electron chi connectivity index (χ3n) is 3.12. The molecule has 1 atom stereocenters. The van der Waals surface area contributed by atoms with Crippen LogP contribution in [0.15, 0.2) is 25.2 Å². The first kappa shape index (κ1) is 19.0. The Bertz CT molecular complexity index is 479. The fourth-order valence-corrected chi connectivity index (χ4v) is 2.63. The highest BCUT2D eigenvalue weighted by Gasteiger charge is 2.35. The topological polar surface area (TPSA) is 49.1 Å². The molecule has 1 rings (SSSR count). The largest absolute Gasteiger partial charge is 0.451 e. The molecule has 0 aromatic carbocycles. The molecule has 0 saturated heterocycles. The summed E-state index contributed by atoms with van der Waals surface area (Å²) in [6.07, 6.45) is -0.703. The third kappa shape index (κ3) is 6.00. The predicted molar refractivity (Wildman–Crippen MR) is 88.2 cm³/mol. The van der Waals surface area contributed by atoms with Crippen LogP contribution in [0.3, 0.4) is 0 Å². The maximum absolute atomic E-state index is 12.7. The second-order valence-corrected chi connectivity index (χ2v) is 5.85. The average molecular weight is 381 g/mol. The van der Waals surface area contributed by atoms with Crippen LogP contribution >= 0.6 is 15.9 Å². The van der Waals surface area contributed by atoms with Gasteiger partial charge in [-0.3, -0.25) is 9.98 Å². The van der Waals surface area contributed by atoms with Crippen molar-refractivity contribution >= 4 is 34.7 Å². The Morgan fingerprint density at radius 3 is 2.50 bits per heavy atom. The second-order valence-electron chi connectivity index (χ2n) is 4.90. The van der Waals surface area contributed by atoms with Crippen LogP contribution < -0.4 is 5.32 Å². The minimum absolute atomic E-state index is 0.0339. The number of hydrogen-bond acceptors (Lipinski definition) is 3. The number of alkyl halides is 3. The van der Waals surface area contributed by atoms with Crippen LogP contribution in [0.4, 0.5) is 13.2 Å². The molecule has 1 saturated carbocycles. The normalized spacial score (nSPS) is 19.3. The Morgan fingerprint density at radius 1 is 1.45 bits per heavy atom. The minimum atomic E-state index is -4.54. The van der Waals surface area contributed by atoms with Crippen molar-refractivity contribution < 1.29 is 13.2 Å². The van der Waals surface area contributed by atoms with Crippen LogP contribution in [0.25, 0.3) is 0 Å². The Morgan fingerprint density at radius 2 is 2.09 bits per heavy atom. The fraction of sp³-hybridized carbons (Fsp3) is 0.643. The van der Waals surface area contributed by atoms with Gasteiger partial charge in [0.05, 0.1) is 5.70 Å². The summed E-state index contributed by atoms with van der Waals surface area (Å²) in [5.41, 5.74) is 0.881. The van der Waals surface area contributed by atoms with Crippen LogP contribution in [-0.2, 0) is 0 Å². The number of nitrogens with zero attached hydrogens (tertiary/aromatic N) is 3. The monoisotopic (exact) mass is 380 g/mol. The van der Waals surface area contributed by atoms with Crippen molar-refractivity contribution in [1.29, 1.82) is 0 Å². The van der Waals surface area contributed by atoms with Gasteiger partial charge in [0.1, 0.15) is 0 Å². The van der Waals surface area contributed by atoms with E-state index in [1.165, 1.54) is 13.1 Å². The zero-order valence-electron chi connectivity index (χ0n) is 12.6. The first-order valence-corrected chi connectivity index (χ1v) is 7.81. The van der Waals surface area contributed by atoms with Crippen molar-refractivity contribution in [2.24, 2.45) is 20.9 Å². The summed E-state index contributed by atoms with van der Waals surface area (Å²) >= 11 is 3.46. The van der Waals surface area contributed by atoms with Gasteiger partial charge >= 0.3 is 6.18 Å². The highest BCUT2D eigenvalue weighted by molar-refractivity contribution is 9.11. The van der Waals surface area contributed by atoms with E-state index >= 15 is 0 Å². The van der Waals surface area contributed by atoms with Gasteiger partial charge < -0.3 is 5.32 Å². The Balaban J connectivity index is 2.81. The van der Waals surface area contributed by atoms with Gasteiger partial charge in [0, 0.05) is 35.6 Å². The van der Waals surface area contributed by atoms with E-state index in [0.717, 1.165) is 23.0 Å². The summed E-state index contributed by atoms with van der Waals surface area (Å²) in [4.78, 5) is 10.9. The maximum atomic E-state index is 12.7. The molecule has 1 aliphatic rings. The van der Waals surface area contributed by atoms with E-state index in [2.05, 4.69) is 42.9 Å². The lowest BCUT2D eigenvalue weighted by atomic mass is 10.1. The van der Waals surface area contributed by atoms with E-state index in [1.54, 1.807) is 7.05 Å². The van der Waals surface area contributed by atoms with Gasteiger partial charge in [0.15, 0.2) is 0 Å². The Kier molecular flexibility index (Phi) is 7.41. The van der Waals surface area contributed by atoms with Crippen molar-refractivity contribution in [3.63, 3.8) is 0 Å². The molecule has 1 aliphatic carbocycles. The van der Waals surface area contributed by atoms with Gasteiger partial charge in [0.25, 0.3) is 0 Å². The molecule has 0 aromatic heterocycles. The first-order valence-electron chi connectivity index (χ1n) is 7.01. The van der Waals surface area contributed by atoms with Crippen molar-refractivity contribution in [3.05, 3.63) is 10.2 Å². The van der Waals surface area contributed by atoms with Crippen LogP contribution in [0.5, 0.6) is 0 Å². The number of rotatable bonds is 7. The number of halogens is 4. The molecule has 0 aromatic rings. The van der Waals surface area contributed by atoms with Gasteiger partial charge in [-0.2, -0.15) is 13.2 Å². The number of amidine groups is 1. The number of allylic oxidation sites excluding steroid dienone is 1. The van der Waals surface area contributed by atoms with Crippen LogP contribution in [0.2, 0.25) is 0 Å². The summed E-state index contributed by atoms with van der Waals surface area (Å²) in [6, 6.07) is -0.353. The average Bonchev–Trinajstić information content (AvgIpc) is 3.26. The molecule has 124 valence electrons. The van der Waals surface area contributed by atoms with Crippen molar-refractivity contribution in [3.8, 4) is 0 Å². The second kappa shape index (κ2) is 8.57. The van der Waals surface area contributed by atoms with Gasteiger partial charge in [0.2, 0.25) is 5.84 Å².